The molecule has 0 aromatic carbocycles. The van der Waals surface area contributed by atoms with Crippen molar-refractivity contribution in [2.45, 2.75) is 64.1 Å². The molecule has 1 saturated heterocycles. The summed E-state index contributed by atoms with van der Waals surface area (Å²) in [5.41, 5.74) is -0.714. The fourth-order valence-corrected chi connectivity index (χ4v) is 3.08. The summed E-state index contributed by atoms with van der Waals surface area (Å²) in [6.07, 6.45) is 2.58. The Bertz CT molecular complexity index is 403. The molecule has 1 heterocycles. The molecule has 0 aromatic heterocycles. The van der Waals surface area contributed by atoms with E-state index in [-0.39, 0.29) is 24.5 Å². The molecule has 2 aliphatic rings. The number of aliphatic hydroxyl groups is 1. The van der Waals surface area contributed by atoms with Crippen LogP contribution < -0.4 is 10.6 Å². The van der Waals surface area contributed by atoms with E-state index in [9.17, 15) is 14.7 Å². The molecule has 21 heavy (non-hydrogen) atoms. The molecule has 1 spiro atoms. The molecule has 3 amide bonds. The van der Waals surface area contributed by atoms with E-state index in [1.165, 1.54) is 4.90 Å². The van der Waals surface area contributed by atoms with Gasteiger partial charge in [-0.25, -0.2) is 4.79 Å². The minimum Gasteiger partial charge on any atom is -0.390 e. The third-order valence-electron chi connectivity index (χ3n) is 4.53. The van der Waals surface area contributed by atoms with Gasteiger partial charge >= 0.3 is 6.03 Å². The summed E-state index contributed by atoms with van der Waals surface area (Å²) in [6.45, 7) is 6.57. The Kier molecular flexibility index (Phi) is 4.88. The lowest BCUT2D eigenvalue weighted by Gasteiger charge is -2.33. The van der Waals surface area contributed by atoms with Crippen LogP contribution in [0.25, 0.3) is 0 Å². The predicted molar refractivity (Wildman–Crippen MR) is 79.8 cm³/mol. The number of hydrogen-bond donors (Lipinski definition) is 3. The van der Waals surface area contributed by atoms with Crippen LogP contribution in [0.3, 0.4) is 0 Å². The Labute approximate surface area is 126 Å². The maximum absolute atomic E-state index is 12.6. The maximum Gasteiger partial charge on any atom is 0.325 e. The fraction of sp³-hybridized carbons (Fsp3) is 0.867. The van der Waals surface area contributed by atoms with Crippen molar-refractivity contribution >= 4 is 11.9 Å². The van der Waals surface area contributed by atoms with Crippen LogP contribution in [-0.4, -0.2) is 52.7 Å². The predicted octanol–water partition coefficient (Wildman–Crippen LogP) is 0.846. The molecule has 120 valence electrons. The van der Waals surface area contributed by atoms with E-state index in [1.807, 2.05) is 13.8 Å². The second-order valence-corrected chi connectivity index (χ2v) is 6.83. The van der Waals surface area contributed by atoms with Crippen LogP contribution in [0.2, 0.25) is 0 Å². The molecular weight excluding hydrogens is 270 g/mol. The van der Waals surface area contributed by atoms with Crippen LogP contribution in [0.4, 0.5) is 4.79 Å². The number of β-amino-alcohol motifs (C(OH)–C–C–N with tert-alkyl or cyclic N) is 1. The number of rotatable bonds is 5. The summed E-state index contributed by atoms with van der Waals surface area (Å²) < 4.78 is 0. The van der Waals surface area contributed by atoms with Gasteiger partial charge in [0, 0.05) is 12.6 Å². The van der Waals surface area contributed by atoms with E-state index < -0.39 is 11.6 Å². The lowest BCUT2D eigenvalue weighted by Crippen LogP contribution is -2.50. The average Bonchev–Trinajstić information content (AvgIpc) is 2.65. The molecule has 0 bridgehead atoms. The lowest BCUT2D eigenvalue weighted by molar-refractivity contribution is -0.133. The summed E-state index contributed by atoms with van der Waals surface area (Å²) in [5, 5.41) is 16.0. The van der Waals surface area contributed by atoms with Crippen molar-refractivity contribution in [3.63, 3.8) is 0 Å². The first-order valence-corrected chi connectivity index (χ1v) is 7.89. The van der Waals surface area contributed by atoms with E-state index in [2.05, 4.69) is 17.6 Å². The largest absolute Gasteiger partial charge is 0.390 e. The standard InChI is InChI=1S/C15H27N3O3/c1-10(2)16-8-12(19)9-18-13(20)15(17-14(18)21)6-4-11(3)5-7-15/h10-12,16,19H,4-9H2,1-3H3,(H,17,21). The highest BCUT2D eigenvalue weighted by Crippen LogP contribution is 2.36. The number of hydrogen-bond acceptors (Lipinski definition) is 4. The molecule has 1 unspecified atom stereocenters. The Balaban J connectivity index is 1.95. The molecule has 1 aliphatic heterocycles. The number of aliphatic hydroxyl groups excluding tert-OH is 1. The van der Waals surface area contributed by atoms with Crippen molar-refractivity contribution in [3.8, 4) is 0 Å². The van der Waals surface area contributed by atoms with Crippen molar-refractivity contribution in [2.24, 2.45) is 5.92 Å². The molecule has 6 nitrogen and oxygen atoms in total. The van der Waals surface area contributed by atoms with Gasteiger partial charge < -0.3 is 15.7 Å². The van der Waals surface area contributed by atoms with Gasteiger partial charge in [-0.3, -0.25) is 9.69 Å². The monoisotopic (exact) mass is 297 g/mol. The van der Waals surface area contributed by atoms with Crippen molar-refractivity contribution in [2.75, 3.05) is 13.1 Å². The second kappa shape index (κ2) is 6.32. The highest BCUT2D eigenvalue weighted by atomic mass is 16.3. The smallest absolute Gasteiger partial charge is 0.325 e. The van der Waals surface area contributed by atoms with Crippen molar-refractivity contribution < 1.29 is 14.7 Å². The molecule has 0 aromatic rings. The summed E-state index contributed by atoms with van der Waals surface area (Å²) in [7, 11) is 0. The minimum atomic E-state index is -0.736. The van der Waals surface area contributed by atoms with Gasteiger partial charge in [-0.2, -0.15) is 0 Å². The lowest BCUT2D eigenvalue weighted by atomic mass is 9.77. The number of carbonyl (C=O) groups is 2. The number of nitrogens with zero attached hydrogens (tertiary/aromatic N) is 1. The number of amides is 3. The maximum atomic E-state index is 12.6. The van der Waals surface area contributed by atoms with Crippen LogP contribution in [0, 0.1) is 5.92 Å². The van der Waals surface area contributed by atoms with E-state index in [0.29, 0.717) is 25.3 Å². The SMILES string of the molecule is CC1CCC2(CC1)NC(=O)N(CC(O)CNC(C)C)C2=O. The zero-order chi connectivity index (χ0) is 15.6. The molecule has 1 saturated carbocycles. The number of urea groups is 1. The van der Waals surface area contributed by atoms with Gasteiger partial charge in [0.25, 0.3) is 5.91 Å². The quantitative estimate of drug-likeness (QED) is 0.657. The first-order chi connectivity index (χ1) is 9.84. The molecule has 6 heteroatoms. The molecule has 1 atom stereocenters. The Morgan fingerprint density at radius 2 is 2.00 bits per heavy atom. The van der Waals surface area contributed by atoms with Crippen LogP contribution in [0.5, 0.6) is 0 Å². The molecule has 3 N–H and O–H groups in total. The highest BCUT2D eigenvalue weighted by molar-refractivity contribution is 6.07. The van der Waals surface area contributed by atoms with Gasteiger partial charge in [0.2, 0.25) is 0 Å². The van der Waals surface area contributed by atoms with Crippen LogP contribution in [-0.2, 0) is 4.79 Å². The summed E-state index contributed by atoms with van der Waals surface area (Å²) in [4.78, 5) is 25.8. The Morgan fingerprint density at radius 3 is 2.57 bits per heavy atom. The number of imide groups is 1. The fourth-order valence-electron chi connectivity index (χ4n) is 3.08. The van der Waals surface area contributed by atoms with E-state index >= 15 is 0 Å². The van der Waals surface area contributed by atoms with Gasteiger partial charge in [0.15, 0.2) is 0 Å². The first kappa shape index (κ1) is 16.2. The minimum absolute atomic E-state index is 0.0572. The summed E-state index contributed by atoms with van der Waals surface area (Å²) in [6, 6.07) is -0.105. The Hall–Kier alpha value is -1.14. The third kappa shape index (κ3) is 3.55. The van der Waals surface area contributed by atoms with Gasteiger partial charge in [-0.1, -0.05) is 20.8 Å². The summed E-state index contributed by atoms with van der Waals surface area (Å²) in [5.74, 6) is 0.443. The molecule has 2 fully saturated rings. The van der Waals surface area contributed by atoms with Crippen molar-refractivity contribution in [3.05, 3.63) is 0 Å². The zero-order valence-electron chi connectivity index (χ0n) is 13.2. The van der Waals surface area contributed by atoms with Gasteiger partial charge in [0.1, 0.15) is 5.54 Å². The normalized spacial score (nSPS) is 31.1. The van der Waals surface area contributed by atoms with Crippen molar-refractivity contribution in [1.82, 2.24) is 15.5 Å². The van der Waals surface area contributed by atoms with E-state index in [4.69, 9.17) is 0 Å². The zero-order valence-corrected chi connectivity index (χ0v) is 13.2. The molecule has 1 aliphatic carbocycles. The first-order valence-electron chi connectivity index (χ1n) is 7.89. The number of carbonyl (C=O) groups excluding carboxylic acids is 2. The van der Waals surface area contributed by atoms with Crippen LogP contribution in [0.15, 0.2) is 0 Å². The molecule has 0 radical (unpaired) electrons. The highest BCUT2D eigenvalue weighted by Gasteiger charge is 2.52. The summed E-state index contributed by atoms with van der Waals surface area (Å²) >= 11 is 0. The second-order valence-electron chi connectivity index (χ2n) is 6.83. The average molecular weight is 297 g/mol. The topological polar surface area (TPSA) is 81.7 Å². The molecule has 2 rings (SSSR count). The van der Waals surface area contributed by atoms with E-state index in [0.717, 1.165) is 12.8 Å². The van der Waals surface area contributed by atoms with Crippen LogP contribution >= 0.6 is 0 Å². The van der Waals surface area contributed by atoms with E-state index in [1.54, 1.807) is 0 Å². The molecular formula is C15H27N3O3. The van der Waals surface area contributed by atoms with Gasteiger partial charge in [0.05, 0.1) is 12.6 Å². The van der Waals surface area contributed by atoms with Crippen LogP contribution in [0.1, 0.15) is 46.5 Å². The Morgan fingerprint density at radius 1 is 1.38 bits per heavy atom. The van der Waals surface area contributed by atoms with Gasteiger partial charge in [-0.05, 0) is 31.6 Å². The number of nitrogens with one attached hydrogen (secondary N) is 2. The van der Waals surface area contributed by atoms with Crippen molar-refractivity contribution in [1.29, 1.82) is 0 Å². The van der Waals surface area contributed by atoms with Gasteiger partial charge in [-0.15, -0.1) is 0 Å². The third-order valence-corrected chi connectivity index (χ3v) is 4.53.